The number of ketones is 1. The van der Waals surface area contributed by atoms with Crippen molar-refractivity contribution in [1.29, 1.82) is 0 Å². The number of nitrogens with zero attached hydrogens (tertiary/aromatic N) is 1. The normalized spacial score (nSPS) is 25.9. The summed E-state index contributed by atoms with van der Waals surface area (Å²) in [5.74, 6) is -12.5. The number of H-pyrrole nitrogens is 1. The van der Waals surface area contributed by atoms with Gasteiger partial charge in [-0.25, -0.2) is 19.2 Å². The van der Waals surface area contributed by atoms with Crippen LogP contribution in [-0.4, -0.2) is 297 Å². The van der Waals surface area contributed by atoms with Gasteiger partial charge in [-0.15, -0.1) is 0 Å². The molecule has 2 unspecified atom stereocenters. The van der Waals surface area contributed by atoms with Gasteiger partial charge >= 0.3 is 30.1 Å². The minimum absolute atomic E-state index is 0.0195. The van der Waals surface area contributed by atoms with Crippen molar-refractivity contribution in [3.63, 3.8) is 0 Å². The molecule has 10 amide bonds. The molecular weight excluding hydrogens is 1960 g/mol. The van der Waals surface area contributed by atoms with E-state index in [0.717, 1.165) is 21.6 Å². The molecule has 11 rings (SSSR count). The molecule has 2 saturated heterocycles. The first-order valence-electron chi connectivity index (χ1n) is 49.1. The zero-order valence-corrected chi connectivity index (χ0v) is 87.7. The van der Waals surface area contributed by atoms with Gasteiger partial charge < -0.3 is 122 Å². The largest absolute Gasteiger partial charge is 0.455 e. The number of amides is 10. The molecule has 42 heteroatoms. The number of ether oxygens (including phenoxy) is 8. The number of alkyl carbamates (subject to hydrolysis) is 1. The van der Waals surface area contributed by atoms with Crippen LogP contribution in [0.3, 0.4) is 0 Å². The molecule has 5 aliphatic rings. The number of methoxy groups -OCH3 is 2. The summed E-state index contributed by atoms with van der Waals surface area (Å²) in [7, 11) is 7.09. The Bertz CT molecular complexity index is 5550. The number of nitrogens with one attached hydrogen (secondary N) is 10. The van der Waals surface area contributed by atoms with Crippen LogP contribution in [0.4, 0.5) is 9.59 Å². The first-order chi connectivity index (χ1) is 69.5. The summed E-state index contributed by atoms with van der Waals surface area (Å²) >= 11 is 0. The van der Waals surface area contributed by atoms with Gasteiger partial charge in [0.15, 0.2) is 11.4 Å². The maximum Gasteiger partial charge on any atom is 0.410 e. The fraction of sp³-hybridized carbons (Fsp3) is 0.538. The summed E-state index contributed by atoms with van der Waals surface area (Å²) in [5.41, 5.74) is 0.202. The first-order valence-corrected chi connectivity index (χ1v) is 54.0. The van der Waals surface area contributed by atoms with Crippen molar-refractivity contribution in [3.05, 3.63) is 191 Å². The third-order valence-corrected chi connectivity index (χ3v) is 32.2. The highest BCUT2D eigenvalue weighted by atomic mass is 33.1. The summed E-state index contributed by atoms with van der Waals surface area (Å²) in [4.78, 5) is 215. The number of aromatic nitrogens is 1. The van der Waals surface area contributed by atoms with E-state index in [9.17, 15) is 54.0 Å². The number of nitrogens with two attached hydrogens (primary N) is 1. The van der Waals surface area contributed by atoms with Gasteiger partial charge in [-0.2, -0.15) is 0 Å². The van der Waals surface area contributed by atoms with Crippen molar-refractivity contribution in [2.75, 3.05) is 70.1 Å². The highest BCUT2D eigenvalue weighted by Gasteiger charge is 2.78. The second kappa shape index (κ2) is 52.6. The van der Waals surface area contributed by atoms with E-state index in [-0.39, 0.29) is 116 Å². The maximum atomic E-state index is 16.3. The van der Waals surface area contributed by atoms with Crippen molar-refractivity contribution in [3.8, 4) is 0 Å². The third kappa shape index (κ3) is 28.7. The predicted molar refractivity (Wildman–Crippen MR) is 549 cm³/mol. The topological polar surface area (TPSA) is 547 Å². The Morgan fingerprint density at radius 3 is 1.93 bits per heavy atom. The maximum absolute atomic E-state index is 16.3. The number of hydrogen-bond donors (Lipinski definition) is 15. The van der Waals surface area contributed by atoms with Gasteiger partial charge in [-0.3, -0.25) is 47.9 Å². The van der Waals surface area contributed by atoms with Crippen molar-refractivity contribution in [1.82, 2.24) is 57.7 Å². The molecule has 5 aromatic carbocycles. The van der Waals surface area contributed by atoms with Gasteiger partial charge in [0.25, 0.3) is 0 Å². The lowest BCUT2D eigenvalue weighted by atomic mass is 9.44. The number of fused-ring (bicyclic) bond motifs is 6. The van der Waals surface area contributed by atoms with Gasteiger partial charge in [0, 0.05) is 118 Å². The van der Waals surface area contributed by atoms with E-state index in [4.69, 9.17) is 43.6 Å². The summed E-state index contributed by atoms with van der Waals surface area (Å²) < 4.78 is 50.6. The zero-order valence-electron chi connectivity index (χ0n) is 84.4. The summed E-state index contributed by atoms with van der Waals surface area (Å²) in [6.45, 7) is 16.2. The molecule has 2 saturated carbocycles. The van der Waals surface area contributed by atoms with Gasteiger partial charge in [0.1, 0.15) is 84.0 Å². The molecule has 3 aliphatic carbocycles. The number of rotatable bonds is 39. The first kappa shape index (κ1) is 115. The lowest BCUT2D eigenvalue weighted by Crippen LogP contribution is -2.82. The number of Topliss-reactive ketones (excluding diaryl/α,β-unsaturated/α-hetero) is 1. The smallest absolute Gasteiger partial charge is 0.410 e. The number of unbranched alkanes of at least 4 members (excludes halogenated alkanes) is 2. The molecule has 4 fully saturated rings. The molecule has 794 valence electrons. The molecule has 0 radical (unpaired) electrons. The van der Waals surface area contributed by atoms with E-state index in [2.05, 4.69) is 52.8 Å². The second-order valence-electron chi connectivity index (χ2n) is 39.1. The van der Waals surface area contributed by atoms with Gasteiger partial charge in [-0.1, -0.05) is 198 Å². The number of hydrogen-bond acceptors (Lipinski definition) is 31. The van der Waals surface area contributed by atoms with E-state index in [0.29, 0.717) is 46.9 Å². The minimum atomic E-state index is -2.43. The number of benzene rings is 5. The number of para-hydroxylation sites is 1. The highest BCUT2D eigenvalue weighted by Crippen LogP contribution is 2.65. The molecule has 3 heterocycles. The molecule has 1 aromatic heterocycles. The molecule has 6 aromatic rings. The molecule has 21 atom stereocenters. The van der Waals surface area contributed by atoms with Crippen molar-refractivity contribution in [2.24, 2.45) is 22.5 Å². The number of carbonyl (C=O) groups is 14. The quantitative estimate of drug-likeness (QED) is 0.00610. The van der Waals surface area contributed by atoms with Gasteiger partial charge in [-0.05, 0) is 132 Å². The van der Waals surface area contributed by atoms with Crippen LogP contribution >= 0.6 is 43.2 Å². The van der Waals surface area contributed by atoms with E-state index >= 15 is 33.6 Å². The predicted octanol–water partition coefficient (Wildman–Crippen LogP) is 6.95. The molecule has 2 bridgehead atoms. The van der Waals surface area contributed by atoms with E-state index < -0.39 is 233 Å². The van der Waals surface area contributed by atoms with E-state index in [1.54, 1.807) is 176 Å². The zero-order chi connectivity index (χ0) is 106. The van der Waals surface area contributed by atoms with E-state index in [1.165, 1.54) is 73.6 Å². The average Bonchev–Trinajstić information content (AvgIpc) is 0.698. The number of aliphatic hydroxyl groups is 4. The Morgan fingerprint density at radius 1 is 0.699 bits per heavy atom. The van der Waals surface area contributed by atoms with Crippen molar-refractivity contribution in [2.45, 2.75) is 267 Å². The second-order valence-corrected chi connectivity index (χ2v) is 44.3. The molecule has 2 aliphatic heterocycles. The summed E-state index contributed by atoms with van der Waals surface area (Å²) in [6, 6.07) is 27.0. The van der Waals surface area contributed by atoms with Crippen LogP contribution in [0.2, 0.25) is 0 Å². The monoisotopic (exact) mass is 2100 g/mol. The number of esters is 3. The molecule has 16 N–H and O–H groups in total. The Hall–Kier alpha value is -11.2. The van der Waals surface area contributed by atoms with E-state index in [1.807, 2.05) is 19.1 Å². The third-order valence-electron chi connectivity index (χ3n) is 27.4. The fourth-order valence-electron chi connectivity index (χ4n) is 19.5. The van der Waals surface area contributed by atoms with Crippen LogP contribution in [0.25, 0.3) is 10.9 Å². The summed E-state index contributed by atoms with van der Waals surface area (Å²) in [6.07, 6.45) is -12.1. The Labute approximate surface area is 865 Å². The van der Waals surface area contributed by atoms with Crippen LogP contribution in [-0.2, 0) is 110 Å². The molecular formula is C104H138N12O26S4. The van der Waals surface area contributed by atoms with Gasteiger partial charge in [0.2, 0.25) is 53.4 Å². The SMILES string of the molecule is CCCCN(CCSSCCC(=O)N[C@H](Cc1ccccc1)C(=O)N[C@H]1CSSC[C@@H](C(=O)N[C@H](CO)[C@@H](C)O)NC(=O)[C@H]([C@@H](C)O)NC(=O)[C@H](CCCCN)NC(=O)[C@@H](Cc2c[nH]c3ccccc23)NC(=O)[C@H](Cc2ccccc2)NC1=O)C(=O)OC(C(=O)OC1C[C@@]2(O)[C@@H](OC(=O)c3ccccc3)[C@@H]3[C@]4(OC(C)=O)CO[C@@H]4C[C@H](OC)[C@@]3(C)C(=O)[C@H](OC)C(=C1C)C2(C)C)[C@@H](NC(=O)OC(C)(C)C)c1ccccc1. The van der Waals surface area contributed by atoms with Crippen molar-refractivity contribution >= 4 is 137 Å². The Kier molecular flexibility index (Phi) is 41.5. The number of aromatic amines is 1. The van der Waals surface area contributed by atoms with Crippen LogP contribution < -0.4 is 53.6 Å². The molecule has 0 spiro atoms. The van der Waals surface area contributed by atoms with Crippen molar-refractivity contribution < 1.29 is 125 Å². The fourth-order valence-corrected chi connectivity index (χ4v) is 23.8. The lowest BCUT2D eigenvalue weighted by molar-refractivity contribution is -0.347. The number of aliphatic hydroxyl groups excluding tert-OH is 3. The summed E-state index contributed by atoms with van der Waals surface area (Å²) in [5, 5.41) is 71.8. The minimum Gasteiger partial charge on any atom is -0.455 e. The number of carbonyl (C=O) groups excluding carboxylic acids is 14. The van der Waals surface area contributed by atoms with Gasteiger partial charge in [0.05, 0.1) is 54.5 Å². The standard InChI is InChI=1S/C104H138N12O26S4/c1-14-15-45-116(99(133)139-85(83(65-36-24-18-25-37-65)115-98(132)142-100(6,7)8)97(131)138-77-53-104(134)88(140-96(130)66-38-26-19-27-39-66)86-102(11,87(122)84(136-13)81(59(77)2)101(104,9)10)78(135-12)52-79-103(86,58-137-79)141-62(5)120)46-48-144-143-47-43-80(121)107-71(49-63-32-20-16-21-33-63)90(124)112-75-56-145-146-57-76(94(128)111-74(55-117)60(3)118)113-95(129)82(61(4)119)114-89(123)70(42-30-31-44-105)108-92(126)73(51-67-54-106-69-41-29-28-40-68(67)69)110-91(125)72(109-93(75)127)50-64-34-22-17-23-35-64/h16-29,32-41,54,60-61,70-79,82-86,88,106,117-119,134H,14-15,30-31,42-53,55-58,105H2,1-13H3,(H,107,121)(H,108,126)(H,109,127)(H,110,125)(H,111,128)(H,112,124)(H,113,129)(H,114,123)(H,115,132)/t60-,61-,70+,71-,72+,73-,74-,75+,76+,77?,78+,79-,82+,83+,84-,85?,86+,88+,102-,103+,104-/m1/s1. The Morgan fingerprint density at radius 2 is 1.32 bits per heavy atom. The van der Waals surface area contributed by atoms with Crippen LogP contribution in [0, 0.1) is 16.7 Å². The lowest BCUT2D eigenvalue weighted by Gasteiger charge is -2.67. The van der Waals surface area contributed by atoms with Crippen LogP contribution in [0.1, 0.15) is 166 Å². The Balaban J connectivity index is 0.855. The average molecular weight is 2100 g/mol. The highest BCUT2D eigenvalue weighted by molar-refractivity contribution is 8.77. The molecule has 146 heavy (non-hydrogen) atoms. The molecule has 38 nitrogen and oxygen atoms in total. The van der Waals surface area contributed by atoms with Crippen LogP contribution in [0.15, 0.2) is 163 Å². The van der Waals surface area contributed by atoms with Crippen LogP contribution in [0.5, 0.6) is 0 Å².